The second-order valence-corrected chi connectivity index (χ2v) is 7.07. The van der Waals surface area contributed by atoms with Crippen LogP contribution in [0.3, 0.4) is 0 Å². The van der Waals surface area contributed by atoms with Gasteiger partial charge in [0.25, 0.3) is 0 Å². The van der Waals surface area contributed by atoms with Crippen molar-refractivity contribution in [3.05, 3.63) is 23.9 Å². The minimum absolute atomic E-state index is 0.0601. The SMILES string of the molecule is CC(N)c1ccc(N2CCSC(C)(C)C2)nc1. The van der Waals surface area contributed by atoms with Crippen molar-refractivity contribution in [1.82, 2.24) is 4.98 Å². The molecule has 1 saturated heterocycles. The van der Waals surface area contributed by atoms with Crippen molar-refractivity contribution in [2.24, 2.45) is 5.73 Å². The molecule has 1 aliphatic rings. The Kier molecular flexibility index (Phi) is 3.64. The van der Waals surface area contributed by atoms with Gasteiger partial charge in [-0.05, 0) is 32.4 Å². The van der Waals surface area contributed by atoms with Crippen molar-refractivity contribution in [3.8, 4) is 0 Å². The Morgan fingerprint density at radius 1 is 1.47 bits per heavy atom. The van der Waals surface area contributed by atoms with Gasteiger partial charge >= 0.3 is 0 Å². The minimum Gasteiger partial charge on any atom is -0.354 e. The smallest absolute Gasteiger partial charge is 0.128 e. The summed E-state index contributed by atoms with van der Waals surface area (Å²) < 4.78 is 0.319. The number of rotatable bonds is 2. The van der Waals surface area contributed by atoms with Gasteiger partial charge in [-0.25, -0.2) is 4.98 Å². The van der Waals surface area contributed by atoms with E-state index in [0.29, 0.717) is 4.75 Å². The number of nitrogens with zero attached hydrogens (tertiary/aromatic N) is 2. The molecule has 0 radical (unpaired) electrons. The Balaban J connectivity index is 2.12. The zero-order valence-corrected chi connectivity index (χ0v) is 11.6. The van der Waals surface area contributed by atoms with Crippen LogP contribution < -0.4 is 10.6 Å². The zero-order chi connectivity index (χ0) is 12.5. The van der Waals surface area contributed by atoms with E-state index >= 15 is 0 Å². The highest BCUT2D eigenvalue weighted by molar-refractivity contribution is 8.00. The summed E-state index contributed by atoms with van der Waals surface area (Å²) in [6.07, 6.45) is 1.90. The van der Waals surface area contributed by atoms with E-state index in [1.807, 2.05) is 24.9 Å². The molecule has 0 saturated carbocycles. The third kappa shape index (κ3) is 3.13. The molecule has 3 nitrogen and oxygen atoms in total. The summed E-state index contributed by atoms with van der Waals surface area (Å²) in [6.45, 7) is 8.71. The number of thioether (sulfide) groups is 1. The average molecular weight is 251 g/mol. The Bertz CT molecular complexity index is 373. The van der Waals surface area contributed by atoms with Crippen molar-refractivity contribution in [2.75, 3.05) is 23.7 Å². The highest BCUT2D eigenvalue weighted by Gasteiger charge is 2.27. The first-order valence-corrected chi connectivity index (χ1v) is 7.07. The quantitative estimate of drug-likeness (QED) is 0.876. The van der Waals surface area contributed by atoms with Gasteiger partial charge in [0.1, 0.15) is 5.82 Å². The van der Waals surface area contributed by atoms with Crippen molar-refractivity contribution >= 4 is 17.6 Å². The summed E-state index contributed by atoms with van der Waals surface area (Å²) >= 11 is 2.04. The third-order valence-corrected chi connectivity index (χ3v) is 4.34. The summed E-state index contributed by atoms with van der Waals surface area (Å²) in [5.41, 5.74) is 6.93. The average Bonchev–Trinajstić information content (AvgIpc) is 2.28. The molecule has 1 aliphatic heterocycles. The Morgan fingerprint density at radius 2 is 2.24 bits per heavy atom. The molecule has 1 aromatic rings. The molecule has 17 heavy (non-hydrogen) atoms. The molecule has 0 amide bonds. The van der Waals surface area contributed by atoms with E-state index in [1.165, 1.54) is 5.75 Å². The van der Waals surface area contributed by atoms with Crippen molar-refractivity contribution < 1.29 is 0 Å². The molecule has 1 aromatic heterocycles. The van der Waals surface area contributed by atoms with E-state index < -0.39 is 0 Å². The Labute approximate surface area is 108 Å². The van der Waals surface area contributed by atoms with Gasteiger partial charge in [-0.1, -0.05) is 6.07 Å². The first kappa shape index (κ1) is 12.7. The lowest BCUT2D eigenvalue weighted by molar-refractivity contribution is 0.641. The Hall–Kier alpha value is -0.740. The maximum absolute atomic E-state index is 5.83. The fourth-order valence-electron chi connectivity index (χ4n) is 2.07. The molecule has 0 bridgehead atoms. The van der Waals surface area contributed by atoms with Crippen LogP contribution in [0.15, 0.2) is 18.3 Å². The van der Waals surface area contributed by atoms with Crippen LogP contribution in [-0.4, -0.2) is 28.6 Å². The van der Waals surface area contributed by atoms with Crippen LogP contribution in [0.4, 0.5) is 5.82 Å². The lowest BCUT2D eigenvalue weighted by atomic mass is 10.1. The maximum Gasteiger partial charge on any atom is 0.128 e. The summed E-state index contributed by atoms with van der Waals surface area (Å²) in [5, 5.41) is 0. The van der Waals surface area contributed by atoms with E-state index in [0.717, 1.165) is 24.5 Å². The monoisotopic (exact) mass is 251 g/mol. The lowest BCUT2D eigenvalue weighted by Gasteiger charge is -2.38. The number of hydrogen-bond acceptors (Lipinski definition) is 4. The molecule has 0 aliphatic carbocycles. The predicted octanol–water partition coefficient (Wildman–Crippen LogP) is 2.43. The van der Waals surface area contributed by atoms with Crippen LogP contribution in [0.2, 0.25) is 0 Å². The number of anilines is 1. The molecular weight excluding hydrogens is 230 g/mol. The minimum atomic E-state index is 0.0601. The molecule has 1 unspecified atom stereocenters. The predicted molar refractivity (Wildman–Crippen MR) is 75.6 cm³/mol. The second-order valence-electron chi connectivity index (χ2n) is 5.27. The molecule has 2 N–H and O–H groups in total. The van der Waals surface area contributed by atoms with Crippen molar-refractivity contribution in [2.45, 2.75) is 31.6 Å². The van der Waals surface area contributed by atoms with Crippen molar-refractivity contribution in [3.63, 3.8) is 0 Å². The fraction of sp³-hybridized carbons (Fsp3) is 0.615. The van der Waals surface area contributed by atoms with Gasteiger partial charge in [-0.3, -0.25) is 0 Å². The molecular formula is C13H21N3S. The van der Waals surface area contributed by atoms with Gasteiger partial charge in [-0.15, -0.1) is 0 Å². The number of aromatic nitrogens is 1. The molecule has 0 spiro atoms. The topological polar surface area (TPSA) is 42.1 Å². The summed E-state index contributed by atoms with van der Waals surface area (Å²) in [6, 6.07) is 4.23. The van der Waals surface area contributed by atoms with Crippen molar-refractivity contribution in [1.29, 1.82) is 0 Å². The molecule has 2 rings (SSSR count). The number of pyridine rings is 1. The fourth-order valence-corrected chi connectivity index (χ4v) is 3.18. The van der Waals surface area contributed by atoms with Crippen LogP contribution >= 0.6 is 11.8 Å². The van der Waals surface area contributed by atoms with E-state index in [4.69, 9.17) is 5.73 Å². The highest BCUT2D eigenvalue weighted by Crippen LogP contribution is 2.31. The van der Waals surface area contributed by atoms with Crippen LogP contribution in [0.5, 0.6) is 0 Å². The van der Waals surface area contributed by atoms with E-state index in [9.17, 15) is 0 Å². The first-order chi connectivity index (χ1) is 7.98. The summed E-state index contributed by atoms with van der Waals surface area (Å²) in [5.74, 6) is 2.24. The third-order valence-electron chi connectivity index (χ3n) is 3.05. The normalized spacial score (nSPS) is 21.3. The van der Waals surface area contributed by atoms with E-state index in [1.54, 1.807) is 0 Å². The molecule has 1 atom stereocenters. The van der Waals surface area contributed by atoms with E-state index in [2.05, 4.69) is 35.9 Å². The molecule has 1 fully saturated rings. The summed E-state index contributed by atoms with van der Waals surface area (Å²) in [7, 11) is 0. The second kappa shape index (κ2) is 4.86. The molecule has 0 aromatic carbocycles. The molecule has 2 heterocycles. The lowest BCUT2D eigenvalue weighted by Crippen LogP contribution is -2.43. The van der Waals surface area contributed by atoms with Gasteiger partial charge in [0.2, 0.25) is 0 Å². The van der Waals surface area contributed by atoms with Crippen LogP contribution in [-0.2, 0) is 0 Å². The molecule has 94 valence electrons. The van der Waals surface area contributed by atoms with Crippen LogP contribution in [0, 0.1) is 0 Å². The van der Waals surface area contributed by atoms with Gasteiger partial charge in [0.15, 0.2) is 0 Å². The van der Waals surface area contributed by atoms with E-state index in [-0.39, 0.29) is 6.04 Å². The zero-order valence-electron chi connectivity index (χ0n) is 10.8. The summed E-state index contributed by atoms with van der Waals surface area (Å²) in [4.78, 5) is 6.89. The number of hydrogen-bond donors (Lipinski definition) is 1. The number of nitrogens with two attached hydrogens (primary N) is 1. The largest absolute Gasteiger partial charge is 0.354 e. The standard InChI is InChI=1S/C13H21N3S/c1-10(14)11-4-5-12(15-8-11)16-6-7-17-13(2,3)9-16/h4-5,8,10H,6-7,9,14H2,1-3H3. The molecule has 4 heteroatoms. The highest BCUT2D eigenvalue weighted by atomic mass is 32.2. The van der Waals surface area contributed by atoms with Gasteiger partial charge in [0.05, 0.1) is 0 Å². The first-order valence-electron chi connectivity index (χ1n) is 6.08. The van der Waals surface area contributed by atoms with Crippen LogP contribution in [0.25, 0.3) is 0 Å². The maximum atomic E-state index is 5.83. The van der Waals surface area contributed by atoms with Gasteiger partial charge in [0, 0.05) is 35.8 Å². The van der Waals surface area contributed by atoms with Gasteiger partial charge < -0.3 is 10.6 Å². The van der Waals surface area contributed by atoms with Gasteiger partial charge in [-0.2, -0.15) is 11.8 Å². The Morgan fingerprint density at radius 3 is 2.76 bits per heavy atom. The van der Waals surface area contributed by atoms with Crippen LogP contribution in [0.1, 0.15) is 32.4 Å².